The number of nitrogens with one attached hydrogen (secondary N) is 1. The van der Waals surface area contributed by atoms with Crippen molar-refractivity contribution < 1.29 is 4.79 Å². The molecule has 0 saturated heterocycles. The van der Waals surface area contributed by atoms with E-state index in [0.29, 0.717) is 12.3 Å². The molecule has 3 rings (SSSR count). The number of amides is 1. The lowest BCUT2D eigenvalue weighted by Crippen LogP contribution is -2.19. The third-order valence-electron chi connectivity index (χ3n) is 4.66. The second-order valence-corrected chi connectivity index (χ2v) is 7.36. The first-order chi connectivity index (χ1) is 12.3. The van der Waals surface area contributed by atoms with Crippen LogP contribution in [0.4, 0.5) is 5.69 Å². The highest BCUT2D eigenvalue weighted by Crippen LogP contribution is 2.24. The Balaban J connectivity index is 1.74. The van der Waals surface area contributed by atoms with Crippen LogP contribution in [0.1, 0.15) is 56.4 Å². The molecule has 1 N–H and O–H groups in total. The summed E-state index contributed by atoms with van der Waals surface area (Å²) in [6.45, 7) is 10.2. The average molecular weight is 353 g/mol. The van der Waals surface area contributed by atoms with Crippen molar-refractivity contribution in [3.8, 4) is 0 Å². The van der Waals surface area contributed by atoms with Gasteiger partial charge >= 0.3 is 0 Å². The van der Waals surface area contributed by atoms with E-state index in [1.54, 1.807) is 0 Å². The van der Waals surface area contributed by atoms with Crippen LogP contribution in [0.25, 0.3) is 11.0 Å². The number of imidazole rings is 1. The number of aromatic nitrogens is 4. The second-order valence-electron chi connectivity index (χ2n) is 7.36. The minimum absolute atomic E-state index is 0.00910. The SMILES string of the molecule is Cc1cc(C)n([C@H](C)CC(=O)Nc2ccc3c(c2)nc(C(C)C)n3C)n1. The van der Waals surface area contributed by atoms with Gasteiger partial charge < -0.3 is 9.88 Å². The summed E-state index contributed by atoms with van der Waals surface area (Å²) in [4.78, 5) is 17.2. The quantitative estimate of drug-likeness (QED) is 0.751. The number of hydrogen-bond acceptors (Lipinski definition) is 3. The minimum Gasteiger partial charge on any atom is -0.331 e. The topological polar surface area (TPSA) is 64.7 Å². The van der Waals surface area contributed by atoms with Crippen LogP contribution in [-0.4, -0.2) is 25.2 Å². The Morgan fingerprint density at radius 1 is 1.19 bits per heavy atom. The van der Waals surface area contributed by atoms with Crippen molar-refractivity contribution in [2.45, 2.75) is 53.0 Å². The largest absolute Gasteiger partial charge is 0.331 e. The van der Waals surface area contributed by atoms with Gasteiger partial charge in [0.25, 0.3) is 0 Å². The van der Waals surface area contributed by atoms with Crippen LogP contribution in [0.5, 0.6) is 0 Å². The first kappa shape index (κ1) is 18.2. The van der Waals surface area contributed by atoms with Crippen molar-refractivity contribution in [1.29, 1.82) is 0 Å². The van der Waals surface area contributed by atoms with Gasteiger partial charge in [-0.3, -0.25) is 9.48 Å². The lowest BCUT2D eigenvalue weighted by Gasteiger charge is -2.14. The smallest absolute Gasteiger partial charge is 0.226 e. The van der Waals surface area contributed by atoms with E-state index in [9.17, 15) is 4.79 Å². The number of carbonyl (C=O) groups is 1. The molecule has 0 aliphatic heterocycles. The Morgan fingerprint density at radius 2 is 1.92 bits per heavy atom. The predicted molar refractivity (Wildman–Crippen MR) is 104 cm³/mol. The van der Waals surface area contributed by atoms with Gasteiger partial charge in [-0.2, -0.15) is 5.10 Å². The first-order valence-electron chi connectivity index (χ1n) is 9.05. The summed E-state index contributed by atoms with van der Waals surface area (Å²) >= 11 is 0. The van der Waals surface area contributed by atoms with E-state index >= 15 is 0 Å². The molecular weight excluding hydrogens is 326 g/mol. The molecule has 0 unspecified atom stereocenters. The molecule has 0 bridgehead atoms. The van der Waals surface area contributed by atoms with Gasteiger partial charge in [-0.05, 0) is 45.0 Å². The number of fused-ring (bicyclic) bond motifs is 1. The number of benzene rings is 1. The van der Waals surface area contributed by atoms with Crippen LogP contribution in [-0.2, 0) is 11.8 Å². The zero-order valence-electron chi connectivity index (χ0n) is 16.4. The lowest BCUT2D eigenvalue weighted by molar-refractivity contribution is -0.116. The van der Waals surface area contributed by atoms with Crippen molar-refractivity contribution in [1.82, 2.24) is 19.3 Å². The maximum absolute atomic E-state index is 12.5. The molecule has 26 heavy (non-hydrogen) atoms. The van der Waals surface area contributed by atoms with Gasteiger partial charge in [0.2, 0.25) is 5.91 Å². The van der Waals surface area contributed by atoms with Gasteiger partial charge in [0.05, 0.1) is 22.8 Å². The Bertz CT molecular complexity index is 951. The number of anilines is 1. The van der Waals surface area contributed by atoms with Gasteiger partial charge in [-0.15, -0.1) is 0 Å². The van der Waals surface area contributed by atoms with E-state index in [2.05, 4.69) is 28.8 Å². The monoisotopic (exact) mass is 353 g/mol. The van der Waals surface area contributed by atoms with Crippen LogP contribution in [0.2, 0.25) is 0 Å². The minimum atomic E-state index is -0.0237. The molecule has 0 aliphatic rings. The Kier molecular flexibility index (Phi) is 4.85. The Labute approximate surface area is 154 Å². The van der Waals surface area contributed by atoms with Crippen molar-refractivity contribution in [3.63, 3.8) is 0 Å². The molecule has 6 nitrogen and oxygen atoms in total. The highest BCUT2D eigenvalue weighted by atomic mass is 16.1. The zero-order chi connectivity index (χ0) is 19.0. The van der Waals surface area contributed by atoms with E-state index in [1.807, 2.05) is 56.8 Å². The van der Waals surface area contributed by atoms with E-state index in [1.165, 1.54) is 0 Å². The second kappa shape index (κ2) is 6.94. The number of aryl methyl sites for hydroxylation is 3. The molecule has 1 aromatic carbocycles. The van der Waals surface area contributed by atoms with Crippen LogP contribution in [0, 0.1) is 13.8 Å². The molecule has 0 aliphatic carbocycles. The maximum atomic E-state index is 12.5. The third-order valence-corrected chi connectivity index (χ3v) is 4.66. The number of nitrogens with zero attached hydrogens (tertiary/aromatic N) is 4. The molecule has 3 aromatic rings. The standard InChI is InChI=1S/C20H27N5O/c1-12(2)20-22-17-11-16(7-8-18(17)24(20)6)21-19(26)10-15(5)25-14(4)9-13(3)23-25/h7-9,11-12,15H,10H2,1-6H3,(H,21,26)/t15-/m1/s1. The van der Waals surface area contributed by atoms with E-state index in [-0.39, 0.29) is 11.9 Å². The highest BCUT2D eigenvalue weighted by molar-refractivity contribution is 5.93. The molecule has 2 heterocycles. The van der Waals surface area contributed by atoms with E-state index in [4.69, 9.17) is 4.98 Å². The molecule has 0 fully saturated rings. The fraction of sp³-hybridized carbons (Fsp3) is 0.450. The van der Waals surface area contributed by atoms with Gasteiger partial charge in [0.15, 0.2) is 0 Å². The summed E-state index contributed by atoms with van der Waals surface area (Å²) in [5.41, 5.74) is 4.79. The number of hydrogen-bond donors (Lipinski definition) is 1. The molecule has 0 saturated carbocycles. The van der Waals surface area contributed by atoms with E-state index < -0.39 is 0 Å². The van der Waals surface area contributed by atoms with Gasteiger partial charge in [-0.1, -0.05) is 13.8 Å². The summed E-state index contributed by atoms with van der Waals surface area (Å²) in [6.07, 6.45) is 0.374. The van der Waals surface area contributed by atoms with Crippen LogP contribution < -0.4 is 5.32 Å². The zero-order valence-corrected chi connectivity index (χ0v) is 16.4. The summed E-state index contributed by atoms with van der Waals surface area (Å²) in [6, 6.07) is 7.91. The summed E-state index contributed by atoms with van der Waals surface area (Å²) in [5.74, 6) is 1.37. The fourth-order valence-corrected chi connectivity index (χ4v) is 3.47. The van der Waals surface area contributed by atoms with Crippen molar-refractivity contribution in [3.05, 3.63) is 41.5 Å². The molecule has 1 atom stereocenters. The molecule has 138 valence electrons. The van der Waals surface area contributed by atoms with Gasteiger partial charge in [0.1, 0.15) is 5.82 Å². The highest BCUT2D eigenvalue weighted by Gasteiger charge is 2.15. The molecule has 2 aromatic heterocycles. The fourth-order valence-electron chi connectivity index (χ4n) is 3.47. The first-order valence-corrected chi connectivity index (χ1v) is 9.05. The molecule has 0 radical (unpaired) electrons. The Morgan fingerprint density at radius 3 is 2.54 bits per heavy atom. The van der Waals surface area contributed by atoms with Crippen LogP contribution in [0.3, 0.4) is 0 Å². The Hall–Kier alpha value is -2.63. The summed E-state index contributed by atoms with van der Waals surface area (Å²) < 4.78 is 4.02. The molecule has 1 amide bonds. The molecule has 0 spiro atoms. The summed E-state index contributed by atoms with van der Waals surface area (Å²) in [7, 11) is 2.03. The normalized spacial score (nSPS) is 12.7. The average Bonchev–Trinajstić information content (AvgIpc) is 3.06. The van der Waals surface area contributed by atoms with Gasteiger partial charge in [-0.25, -0.2) is 4.98 Å². The lowest BCUT2D eigenvalue weighted by atomic mass is 10.2. The summed E-state index contributed by atoms with van der Waals surface area (Å²) in [5, 5.41) is 7.45. The number of rotatable bonds is 5. The van der Waals surface area contributed by atoms with E-state index in [0.717, 1.165) is 33.9 Å². The van der Waals surface area contributed by atoms with Crippen molar-refractivity contribution in [2.24, 2.45) is 7.05 Å². The predicted octanol–water partition coefficient (Wildman–Crippen LogP) is 4.10. The van der Waals surface area contributed by atoms with Gasteiger partial charge in [0, 0.05) is 30.8 Å². The van der Waals surface area contributed by atoms with Crippen LogP contribution in [0.15, 0.2) is 24.3 Å². The van der Waals surface area contributed by atoms with Crippen LogP contribution >= 0.6 is 0 Å². The maximum Gasteiger partial charge on any atom is 0.226 e. The number of carbonyl (C=O) groups excluding carboxylic acids is 1. The molecular formula is C20H27N5O. The van der Waals surface area contributed by atoms with Crippen molar-refractivity contribution in [2.75, 3.05) is 5.32 Å². The third kappa shape index (κ3) is 3.49. The molecule has 6 heteroatoms. The van der Waals surface area contributed by atoms with Crippen molar-refractivity contribution >= 4 is 22.6 Å².